The second-order valence-electron chi connectivity index (χ2n) is 3.75. The lowest BCUT2D eigenvalue weighted by Crippen LogP contribution is -1.80. The van der Waals surface area contributed by atoms with Crippen molar-refractivity contribution in [2.45, 2.75) is 0 Å². The van der Waals surface area contributed by atoms with Crippen molar-refractivity contribution in [3.63, 3.8) is 0 Å². The van der Waals surface area contributed by atoms with E-state index in [1.807, 2.05) is 30.5 Å². The van der Waals surface area contributed by atoms with Crippen molar-refractivity contribution in [3.05, 3.63) is 60.5 Å². The third-order valence-electron chi connectivity index (χ3n) is 2.75. The normalized spacial score (nSPS) is 10.8. The number of aromatic nitrogens is 1. The summed E-state index contributed by atoms with van der Waals surface area (Å²) in [4.78, 5) is 3.17. The van der Waals surface area contributed by atoms with Gasteiger partial charge in [0.25, 0.3) is 0 Å². The van der Waals surface area contributed by atoms with Crippen LogP contribution in [0.5, 0.6) is 0 Å². The molecule has 0 aliphatic carbocycles. The highest BCUT2D eigenvalue weighted by molar-refractivity contribution is 5.94. The first-order chi connectivity index (χ1) is 7.84. The van der Waals surface area contributed by atoms with Gasteiger partial charge in [0.2, 0.25) is 0 Å². The van der Waals surface area contributed by atoms with E-state index in [9.17, 15) is 4.39 Å². The van der Waals surface area contributed by atoms with Gasteiger partial charge in [-0.05, 0) is 35.4 Å². The summed E-state index contributed by atoms with van der Waals surface area (Å²) in [5.41, 5.74) is 3.26. The molecule has 0 radical (unpaired) electrons. The van der Waals surface area contributed by atoms with Crippen LogP contribution >= 0.6 is 0 Å². The Kier molecular flexibility index (Phi) is 2.00. The molecule has 0 atom stereocenters. The zero-order chi connectivity index (χ0) is 11.0. The summed E-state index contributed by atoms with van der Waals surface area (Å²) >= 11 is 0. The van der Waals surface area contributed by atoms with Gasteiger partial charge < -0.3 is 4.98 Å². The zero-order valence-corrected chi connectivity index (χ0v) is 8.57. The molecule has 0 saturated heterocycles. The highest BCUT2D eigenvalue weighted by Gasteiger charge is 2.03. The molecule has 1 nitrogen and oxygen atoms in total. The lowest BCUT2D eigenvalue weighted by Gasteiger charge is -2.03. The Bertz CT molecular complexity index is 623. The summed E-state index contributed by atoms with van der Waals surface area (Å²) in [6.45, 7) is 0. The minimum absolute atomic E-state index is 0.204. The highest BCUT2D eigenvalue weighted by Crippen LogP contribution is 2.27. The van der Waals surface area contributed by atoms with Gasteiger partial charge in [0.1, 0.15) is 5.82 Å². The van der Waals surface area contributed by atoms with E-state index in [4.69, 9.17) is 0 Å². The number of benzene rings is 2. The quantitative estimate of drug-likeness (QED) is 0.626. The van der Waals surface area contributed by atoms with Gasteiger partial charge in [0.15, 0.2) is 0 Å². The van der Waals surface area contributed by atoms with Crippen LogP contribution < -0.4 is 0 Å². The summed E-state index contributed by atoms with van der Waals surface area (Å²) in [6, 6.07) is 14.7. The second-order valence-corrected chi connectivity index (χ2v) is 3.75. The number of halogens is 1. The van der Waals surface area contributed by atoms with E-state index in [1.165, 1.54) is 12.1 Å². The maximum absolute atomic E-state index is 12.9. The number of hydrogen-bond acceptors (Lipinski definition) is 0. The molecule has 1 aromatic heterocycles. The van der Waals surface area contributed by atoms with Gasteiger partial charge in [-0.25, -0.2) is 4.39 Å². The van der Waals surface area contributed by atoms with Gasteiger partial charge in [-0.1, -0.05) is 24.3 Å². The molecule has 0 aliphatic heterocycles. The summed E-state index contributed by atoms with van der Waals surface area (Å²) in [5, 5.41) is 1.16. The molecule has 1 heterocycles. The van der Waals surface area contributed by atoms with Gasteiger partial charge in [0.05, 0.1) is 0 Å². The Hall–Kier alpha value is -2.09. The minimum Gasteiger partial charge on any atom is -0.361 e. The molecule has 78 valence electrons. The standard InChI is InChI=1S/C14H10FN/c15-11-6-4-10(5-7-11)12-2-1-3-14-13(12)8-9-16-14/h1-9,16H. The maximum atomic E-state index is 12.9. The fourth-order valence-corrected chi connectivity index (χ4v) is 1.97. The van der Waals surface area contributed by atoms with E-state index in [2.05, 4.69) is 4.98 Å². The molecule has 0 amide bonds. The van der Waals surface area contributed by atoms with Crippen molar-refractivity contribution in [3.8, 4) is 11.1 Å². The average Bonchev–Trinajstić information content (AvgIpc) is 2.78. The third kappa shape index (κ3) is 1.39. The second kappa shape index (κ2) is 3.49. The molecule has 16 heavy (non-hydrogen) atoms. The number of fused-ring (bicyclic) bond motifs is 1. The third-order valence-corrected chi connectivity index (χ3v) is 2.75. The zero-order valence-electron chi connectivity index (χ0n) is 8.57. The Labute approximate surface area is 92.5 Å². The molecule has 0 saturated carbocycles. The molecule has 1 N–H and O–H groups in total. The lowest BCUT2D eigenvalue weighted by molar-refractivity contribution is 0.628. The van der Waals surface area contributed by atoms with Gasteiger partial charge in [-0.2, -0.15) is 0 Å². The van der Waals surface area contributed by atoms with Crippen LogP contribution in [0.4, 0.5) is 4.39 Å². The van der Waals surface area contributed by atoms with Crippen LogP contribution in [0.3, 0.4) is 0 Å². The smallest absolute Gasteiger partial charge is 0.123 e. The Balaban J connectivity index is 2.25. The predicted octanol–water partition coefficient (Wildman–Crippen LogP) is 3.97. The van der Waals surface area contributed by atoms with Crippen molar-refractivity contribution in [2.24, 2.45) is 0 Å². The van der Waals surface area contributed by atoms with Crippen molar-refractivity contribution in [1.82, 2.24) is 4.98 Å². The van der Waals surface area contributed by atoms with Crippen LogP contribution in [0.1, 0.15) is 0 Å². The Morgan fingerprint density at radius 3 is 2.50 bits per heavy atom. The average molecular weight is 211 g/mol. The largest absolute Gasteiger partial charge is 0.361 e. The summed E-state index contributed by atoms with van der Waals surface area (Å²) in [6.07, 6.45) is 1.91. The number of hydrogen-bond donors (Lipinski definition) is 1. The van der Waals surface area contributed by atoms with Crippen molar-refractivity contribution in [1.29, 1.82) is 0 Å². The van der Waals surface area contributed by atoms with Crippen LogP contribution in [0, 0.1) is 5.82 Å². The molecule has 0 unspecified atom stereocenters. The summed E-state index contributed by atoms with van der Waals surface area (Å²) in [7, 11) is 0. The SMILES string of the molecule is Fc1ccc(-c2cccc3[nH]ccc23)cc1. The number of nitrogens with one attached hydrogen (secondary N) is 1. The molecule has 0 fully saturated rings. The van der Waals surface area contributed by atoms with Crippen LogP contribution in [0.15, 0.2) is 54.7 Å². The van der Waals surface area contributed by atoms with Gasteiger partial charge >= 0.3 is 0 Å². The molecule has 2 heteroatoms. The van der Waals surface area contributed by atoms with Crippen LogP contribution in [-0.4, -0.2) is 4.98 Å². The van der Waals surface area contributed by atoms with E-state index >= 15 is 0 Å². The molecular weight excluding hydrogens is 201 g/mol. The van der Waals surface area contributed by atoms with Gasteiger partial charge in [-0.3, -0.25) is 0 Å². The van der Waals surface area contributed by atoms with E-state index in [-0.39, 0.29) is 5.82 Å². The van der Waals surface area contributed by atoms with Crippen molar-refractivity contribution < 1.29 is 4.39 Å². The van der Waals surface area contributed by atoms with Gasteiger partial charge in [-0.15, -0.1) is 0 Å². The first-order valence-corrected chi connectivity index (χ1v) is 5.17. The molecule has 3 aromatic rings. The van der Waals surface area contributed by atoms with Crippen molar-refractivity contribution >= 4 is 10.9 Å². The molecule has 0 aliphatic rings. The Morgan fingerprint density at radius 2 is 1.69 bits per heavy atom. The van der Waals surface area contributed by atoms with Crippen LogP contribution in [-0.2, 0) is 0 Å². The summed E-state index contributed by atoms with van der Waals surface area (Å²) < 4.78 is 12.9. The summed E-state index contributed by atoms with van der Waals surface area (Å²) in [5.74, 6) is -0.204. The molecular formula is C14H10FN. The molecule has 0 spiro atoms. The van der Waals surface area contributed by atoms with Crippen LogP contribution in [0.2, 0.25) is 0 Å². The fraction of sp³-hybridized carbons (Fsp3) is 0. The fourth-order valence-electron chi connectivity index (χ4n) is 1.97. The Morgan fingerprint density at radius 1 is 0.875 bits per heavy atom. The first kappa shape index (κ1) is 9.16. The maximum Gasteiger partial charge on any atom is 0.123 e. The topological polar surface area (TPSA) is 15.8 Å². The predicted molar refractivity (Wildman–Crippen MR) is 63.7 cm³/mol. The van der Waals surface area contributed by atoms with E-state index in [0.717, 1.165) is 22.0 Å². The van der Waals surface area contributed by atoms with E-state index in [0.29, 0.717) is 0 Å². The number of H-pyrrole nitrogens is 1. The molecule has 3 rings (SSSR count). The lowest BCUT2D eigenvalue weighted by atomic mass is 10.0. The van der Waals surface area contributed by atoms with E-state index < -0.39 is 0 Å². The minimum atomic E-state index is -0.204. The number of rotatable bonds is 1. The highest BCUT2D eigenvalue weighted by atomic mass is 19.1. The monoisotopic (exact) mass is 211 g/mol. The van der Waals surface area contributed by atoms with Crippen molar-refractivity contribution in [2.75, 3.05) is 0 Å². The van der Waals surface area contributed by atoms with Gasteiger partial charge in [0, 0.05) is 17.1 Å². The molecule has 0 bridgehead atoms. The molecule has 2 aromatic carbocycles. The number of aromatic amines is 1. The van der Waals surface area contributed by atoms with E-state index in [1.54, 1.807) is 12.1 Å². The first-order valence-electron chi connectivity index (χ1n) is 5.17. The van der Waals surface area contributed by atoms with Crippen LogP contribution in [0.25, 0.3) is 22.0 Å².